The minimum absolute atomic E-state index is 0.0316. The van der Waals surface area contributed by atoms with Crippen molar-refractivity contribution in [1.82, 2.24) is 14.8 Å². The van der Waals surface area contributed by atoms with E-state index in [9.17, 15) is 9.90 Å². The van der Waals surface area contributed by atoms with Gasteiger partial charge in [-0.05, 0) is 47.0 Å². The highest BCUT2D eigenvalue weighted by atomic mass is 35.5. The van der Waals surface area contributed by atoms with Crippen molar-refractivity contribution in [2.75, 3.05) is 0 Å². The van der Waals surface area contributed by atoms with Crippen LogP contribution in [0.25, 0.3) is 5.57 Å². The Morgan fingerprint density at radius 3 is 2.04 bits per heavy atom. The first-order valence-electron chi connectivity index (χ1n) is 7.81. The van der Waals surface area contributed by atoms with Gasteiger partial charge in [-0.15, -0.1) is 0 Å². The molecule has 0 fully saturated rings. The Kier molecular flexibility index (Phi) is 5.83. The number of aliphatic hydroxyl groups is 1. The number of aliphatic hydroxyl groups excluding tert-OH is 1. The molecular formula is C19H15Cl2N3O2. The van der Waals surface area contributed by atoms with Crippen molar-refractivity contribution in [2.24, 2.45) is 0 Å². The van der Waals surface area contributed by atoms with Gasteiger partial charge >= 0.3 is 0 Å². The highest BCUT2D eigenvalue weighted by Gasteiger charge is 2.16. The van der Waals surface area contributed by atoms with Gasteiger partial charge in [0.1, 0.15) is 18.8 Å². The number of benzene rings is 2. The number of carbonyl (C=O) groups excluding carboxylic acids is 1. The monoisotopic (exact) mass is 387 g/mol. The third-order valence-electron chi connectivity index (χ3n) is 3.75. The van der Waals surface area contributed by atoms with Crippen molar-refractivity contribution >= 4 is 34.6 Å². The molecule has 3 rings (SSSR count). The van der Waals surface area contributed by atoms with Gasteiger partial charge in [-0.25, -0.2) is 9.67 Å². The Labute approximate surface area is 160 Å². The summed E-state index contributed by atoms with van der Waals surface area (Å²) in [6.45, 7) is 0.0316. The van der Waals surface area contributed by atoms with Crippen molar-refractivity contribution in [3.8, 4) is 0 Å². The third-order valence-corrected chi connectivity index (χ3v) is 4.26. The topological polar surface area (TPSA) is 68.0 Å². The number of hydrogen-bond donors (Lipinski definition) is 1. The molecule has 2 aromatic carbocycles. The van der Waals surface area contributed by atoms with Crippen LogP contribution in [-0.4, -0.2) is 31.8 Å². The Hall–Kier alpha value is -2.47. The van der Waals surface area contributed by atoms with E-state index in [1.54, 1.807) is 24.3 Å². The van der Waals surface area contributed by atoms with Crippen LogP contribution in [0.5, 0.6) is 0 Å². The molecule has 5 nitrogen and oxygen atoms in total. The van der Waals surface area contributed by atoms with Crippen LogP contribution in [0.3, 0.4) is 0 Å². The average Bonchev–Trinajstić information content (AvgIpc) is 3.14. The molecule has 0 aliphatic heterocycles. The molecule has 3 aromatic rings. The summed E-state index contributed by atoms with van der Waals surface area (Å²) >= 11 is 11.9. The van der Waals surface area contributed by atoms with E-state index in [0.29, 0.717) is 15.6 Å². The summed E-state index contributed by atoms with van der Waals surface area (Å²) in [7, 11) is 0. The molecule has 0 saturated carbocycles. The summed E-state index contributed by atoms with van der Waals surface area (Å²) in [5.74, 6) is -0.430. The normalized spacial score (nSPS) is 11.8. The van der Waals surface area contributed by atoms with Gasteiger partial charge in [0.05, 0.1) is 6.54 Å². The fourth-order valence-electron chi connectivity index (χ4n) is 2.42. The number of nitrogens with zero attached hydrogens (tertiary/aromatic N) is 3. The molecule has 0 aliphatic carbocycles. The second kappa shape index (κ2) is 8.27. The second-order valence-electron chi connectivity index (χ2n) is 5.61. The first kappa shape index (κ1) is 18.3. The number of halogens is 2. The van der Waals surface area contributed by atoms with Crippen molar-refractivity contribution < 1.29 is 9.90 Å². The highest BCUT2D eigenvalue weighted by Crippen LogP contribution is 2.26. The Morgan fingerprint density at radius 2 is 1.58 bits per heavy atom. The molecule has 0 saturated heterocycles. The molecule has 1 heterocycles. The van der Waals surface area contributed by atoms with Gasteiger partial charge in [-0.3, -0.25) is 4.79 Å². The summed E-state index contributed by atoms with van der Waals surface area (Å²) in [5.41, 5.74) is 2.28. The molecule has 1 atom stereocenters. The summed E-state index contributed by atoms with van der Waals surface area (Å²) < 4.78 is 1.40. The lowest BCUT2D eigenvalue weighted by Crippen LogP contribution is -2.25. The second-order valence-corrected chi connectivity index (χ2v) is 6.48. The lowest BCUT2D eigenvalue weighted by Gasteiger charge is -2.11. The number of carbonyl (C=O) groups is 1. The van der Waals surface area contributed by atoms with Crippen LogP contribution >= 0.6 is 23.2 Å². The van der Waals surface area contributed by atoms with E-state index in [-0.39, 0.29) is 6.54 Å². The smallest absolute Gasteiger partial charge is 0.186 e. The Morgan fingerprint density at radius 1 is 1.04 bits per heavy atom. The number of hydrogen-bond acceptors (Lipinski definition) is 4. The van der Waals surface area contributed by atoms with Gasteiger partial charge in [-0.1, -0.05) is 47.5 Å². The average molecular weight is 388 g/mol. The predicted molar refractivity (Wildman–Crippen MR) is 101 cm³/mol. The molecule has 1 aromatic heterocycles. The predicted octanol–water partition coefficient (Wildman–Crippen LogP) is 3.65. The van der Waals surface area contributed by atoms with E-state index in [1.165, 1.54) is 23.4 Å². The van der Waals surface area contributed by atoms with Crippen molar-refractivity contribution in [3.63, 3.8) is 0 Å². The van der Waals surface area contributed by atoms with E-state index in [1.807, 2.05) is 24.3 Å². The molecule has 7 heteroatoms. The van der Waals surface area contributed by atoms with Crippen molar-refractivity contribution in [3.05, 3.63) is 88.4 Å². The standard InChI is InChI=1S/C19H15Cl2N3O2/c20-15-5-1-13(2-6-15)17(14-3-7-16(21)8-4-14)9-18(25)19(26)10-24-12-22-11-23-24/h1-9,11-12,19,26H,10H2. The number of rotatable bonds is 6. The van der Waals surface area contributed by atoms with Gasteiger partial charge in [0.25, 0.3) is 0 Å². The molecular weight excluding hydrogens is 373 g/mol. The van der Waals surface area contributed by atoms with Crippen LogP contribution in [0.4, 0.5) is 0 Å². The largest absolute Gasteiger partial charge is 0.383 e. The third kappa shape index (κ3) is 4.58. The molecule has 0 bridgehead atoms. The van der Waals surface area contributed by atoms with Gasteiger partial charge in [0, 0.05) is 10.0 Å². The zero-order valence-electron chi connectivity index (χ0n) is 13.6. The van der Waals surface area contributed by atoms with Crippen molar-refractivity contribution in [1.29, 1.82) is 0 Å². The highest BCUT2D eigenvalue weighted by molar-refractivity contribution is 6.31. The van der Waals surface area contributed by atoms with E-state index < -0.39 is 11.9 Å². The van der Waals surface area contributed by atoms with Gasteiger partial charge < -0.3 is 5.11 Å². The minimum atomic E-state index is -1.23. The molecule has 0 amide bonds. The number of ketones is 1. The van der Waals surface area contributed by atoms with Gasteiger partial charge in [-0.2, -0.15) is 5.10 Å². The number of aromatic nitrogens is 3. The summed E-state index contributed by atoms with van der Waals surface area (Å²) in [4.78, 5) is 16.3. The lowest BCUT2D eigenvalue weighted by atomic mass is 9.96. The van der Waals surface area contributed by atoms with Crippen LogP contribution in [0, 0.1) is 0 Å². The van der Waals surface area contributed by atoms with E-state index in [0.717, 1.165) is 11.1 Å². The maximum atomic E-state index is 12.5. The quantitative estimate of drug-likeness (QED) is 0.655. The minimum Gasteiger partial charge on any atom is -0.383 e. The summed E-state index contributed by atoms with van der Waals surface area (Å²) in [5, 5.41) is 15.3. The zero-order chi connectivity index (χ0) is 18.5. The van der Waals surface area contributed by atoms with Crippen LogP contribution < -0.4 is 0 Å². The molecule has 26 heavy (non-hydrogen) atoms. The Balaban J connectivity index is 1.93. The van der Waals surface area contributed by atoms with Crippen LogP contribution in [0.15, 0.2) is 67.3 Å². The van der Waals surface area contributed by atoms with E-state index >= 15 is 0 Å². The van der Waals surface area contributed by atoms with E-state index in [4.69, 9.17) is 23.2 Å². The maximum Gasteiger partial charge on any atom is 0.186 e. The maximum absolute atomic E-state index is 12.5. The first-order chi connectivity index (χ1) is 12.5. The van der Waals surface area contributed by atoms with Gasteiger partial charge in [0.2, 0.25) is 0 Å². The SMILES string of the molecule is O=C(C=C(c1ccc(Cl)cc1)c1ccc(Cl)cc1)C(O)Cn1cncn1. The molecule has 1 unspecified atom stereocenters. The zero-order valence-corrected chi connectivity index (χ0v) is 15.1. The lowest BCUT2D eigenvalue weighted by molar-refractivity contribution is -0.122. The molecule has 1 N–H and O–H groups in total. The molecule has 132 valence electrons. The Bertz CT molecular complexity index is 857. The summed E-state index contributed by atoms with van der Waals surface area (Å²) in [6, 6.07) is 14.3. The van der Waals surface area contributed by atoms with Gasteiger partial charge in [0.15, 0.2) is 5.78 Å². The molecule has 0 radical (unpaired) electrons. The molecule has 0 aliphatic rings. The van der Waals surface area contributed by atoms with Crippen LogP contribution in [0.2, 0.25) is 10.0 Å². The van der Waals surface area contributed by atoms with E-state index in [2.05, 4.69) is 10.1 Å². The van der Waals surface area contributed by atoms with Crippen molar-refractivity contribution in [2.45, 2.75) is 12.6 Å². The fraction of sp³-hybridized carbons (Fsp3) is 0.105. The van der Waals surface area contributed by atoms with Crippen LogP contribution in [0.1, 0.15) is 11.1 Å². The summed E-state index contributed by atoms with van der Waals surface area (Å²) in [6.07, 6.45) is 2.99. The van der Waals surface area contributed by atoms with Crippen LogP contribution in [-0.2, 0) is 11.3 Å². The first-order valence-corrected chi connectivity index (χ1v) is 8.56. The molecule has 0 spiro atoms. The fourth-order valence-corrected chi connectivity index (χ4v) is 2.68.